The maximum atomic E-state index is 17.0. The second kappa shape index (κ2) is 19.7. The van der Waals surface area contributed by atoms with Crippen LogP contribution in [0.2, 0.25) is 0 Å². The molecule has 0 aliphatic carbocycles. The lowest BCUT2D eigenvalue weighted by molar-refractivity contribution is 0.453. The van der Waals surface area contributed by atoms with E-state index in [-0.39, 0.29) is 28.0 Å². The van der Waals surface area contributed by atoms with Crippen molar-refractivity contribution in [1.82, 2.24) is 24.1 Å². The summed E-state index contributed by atoms with van der Waals surface area (Å²) < 4.78 is 137. The molecule has 0 aliphatic rings. The molecule has 0 radical (unpaired) electrons. The molecule has 394 valence electrons. The van der Waals surface area contributed by atoms with Crippen molar-refractivity contribution in [3.8, 4) is 90.0 Å². The molecule has 13 heteroatoms. The predicted molar refractivity (Wildman–Crippen MR) is 306 cm³/mol. The number of rotatable bonds is 9. The Hall–Kier alpha value is -10.5. The highest BCUT2D eigenvalue weighted by molar-refractivity contribution is 6.11. The minimum absolute atomic E-state index is 0.122. The molecule has 0 spiro atoms. The van der Waals surface area contributed by atoms with E-state index in [1.807, 2.05) is 0 Å². The third-order valence-corrected chi connectivity index (χ3v) is 14.9. The first-order valence-corrected chi connectivity index (χ1v) is 26.0. The lowest BCUT2D eigenvalue weighted by Gasteiger charge is -2.16. The van der Waals surface area contributed by atoms with Crippen molar-refractivity contribution in [3.63, 3.8) is 0 Å². The van der Waals surface area contributed by atoms with Crippen molar-refractivity contribution in [2.24, 2.45) is 0 Å². The average Bonchev–Trinajstić information content (AvgIpc) is 3.45. The zero-order valence-electron chi connectivity index (χ0n) is 42.6. The van der Waals surface area contributed by atoms with Crippen molar-refractivity contribution < 1.29 is 35.1 Å². The Balaban J connectivity index is 0.881. The van der Waals surface area contributed by atoms with Crippen LogP contribution in [-0.4, -0.2) is 24.1 Å². The van der Waals surface area contributed by atoms with Crippen molar-refractivity contribution in [3.05, 3.63) is 271 Å². The van der Waals surface area contributed by atoms with Crippen LogP contribution in [0, 0.1) is 46.5 Å². The van der Waals surface area contributed by atoms with Crippen LogP contribution in [0.15, 0.2) is 224 Å². The molecule has 14 aromatic rings. The van der Waals surface area contributed by atoms with Crippen LogP contribution in [0.5, 0.6) is 0 Å². The Bertz CT molecular complexity index is 4740. The highest BCUT2D eigenvalue weighted by atomic mass is 19.2. The Morgan fingerprint density at radius 3 is 1.06 bits per heavy atom. The lowest BCUT2D eigenvalue weighted by atomic mass is 9.98. The van der Waals surface area contributed by atoms with Gasteiger partial charge < -0.3 is 9.13 Å². The maximum absolute atomic E-state index is 17.0. The molecule has 4 heterocycles. The van der Waals surface area contributed by atoms with Crippen LogP contribution in [0.4, 0.5) is 35.1 Å². The number of hydrogen-bond acceptors (Lipinski definition) is 3. The van der Waals surface area contributed by atoms with Crippen molar-refractivity contribution in [2.75, 3.05) is 0 Å². The van der Waals surface area contributed by atoms with Gasteiger partial charge in [0.25, 0.3) is 0 Å². The Kier molecular flexibility index (Phi) is 11.9. The number of aromatic nitrogens is 5. The first-order valence-electron chi connectivity index (χ1n) is 26.0. The minimum Gasteiger partial charge on any atom is -0.304 e. The van der Waals surface area contributed by atoms with Gasteiger partial charge >= 0.3 is 0 Å². The highest BCUT2D eigenvalue weighted by Crippen LogP contribution is 2.43. The molecular formula is C69H37F8N5. The van der Waals surface area contributed by atoms with Crippen LogP contribution >= 0.6 is 0 Å². The summed E-state index contributed by atoms with van der Waals surface area (Å²) in [6.45, 7) is 0. The molecule has 0 aliphatic heterocycles. The first kappa shape index (κ1) is 49.7. The van der Waals surface area contributed by atoms with Crippen LogP contribution in [0.1, 0.15) is 0 Å². The van der Waals surface area contributed by atoms with Gasteiger partial charge in [0.15, 0.2) is 52.4 Å². The highest BCUT2D eigenvalue weighted by Gasteiger charge is 2.33. The Morgan fingerprint density at radius 2 is 0.585 bits per heavy atom. The second-order valence-electron chi connectivity index (χ2n) is 19.7. The molecule has 14 rings (SSSR count). The van der Waals surface area contributed by atoms with Gasteiger partial charge in [0.2, 0.25) is 0 Å². The quantitative estimate of drug-likeness (QED) is 0.107. The van der Waals surface area contributed by atoms with E-state index < -0.39 is 74.9 Å². The van der Waals surface area contributed by atoms with Crippen LogP contribution in [0.3, 0.4) is 0 Å². The summed E-state index contributed by atoms with van der Waals surface area (Å²) in [7, 11) is 0. The molecule has 4 aromatic heterocycles. The zero-order chi connectivity index (χ0) is 55.9. The monoisotopic (exact) mass is 1090 g/mol. The van der Waals surface area contributed by atoms with Gasteiger partial charge in [0.05, 0.1) is 56.0 Å². The summed E-state index contributed by atoms with van der Waals surface area (Å²) in [6.07, 6.45) is 0. The summed E-state index contributed by atoms with van der Waals surface area (Å²) in [6, 6.07) is 63.2. The van der Waals surface area contributed by atoms with E-state index in [1.165, 1.54) is 16.7 Å². The van der Waals surface area contributed by atoms with Crippen molar-refractivity contribution >= 4 is 43.6 Å². The summed E-state index contributed by atoms with van der Waals surface area (Å²) in [4.78, 5) is 13.8. The topological polar surface area (TPSA) is 48.5 Å². The third kappa shape index (κ3) is 8.02. The minimum atomic E-state index is -1.70. The van der Waals surface area contributed by atoms with E-state index in [0.29, 0.717) is 77.3 Å². The molecule has 82 heavy (non-hydrogen) atoms. The van der Waals surface area contributed by atoms with Gasteiger partial charge in [0.1, 0.15) is 11.4 Å². The lowest BCUT2D eigenvalue weighted by Crippen LogP contribution is -2.10. The number of pyridine rings is 1. The smallest absolute Gasteiger partial charge is 0.186 e. The predicted octanol–water partition coefficient (Wildman–Crippen LogP) is 18.8. The number of hydrogen-bond donors (Lipinski definition) is 0. The molecule has 0 N–H and O–H groups in total. The molecule has 0 saturated carbocycles. The largest absolute Gasteiger partial charge is 0.304 e. The van der Waals surface area contributed by atoms with E-state index in [1.54, 1.807) is 212 Å². The Morgan fingerprint density at radius 1 is 0.232 bits per heavy atom. The van der Waals surface area contributed by atoms with E-state index in [2.05, 4.69) is 9.97 Å². The number of nitrogens with zero attached hydrogens (tertiary/aromatic N) is 5. The van der Waals surface area contributed by atoms with Gasteiger partial charge in [-0.05, 0) is 71.3 Å². The average molecular weight is 1090 g/mol. The van der Waals surface area contributed by atoms with E-state index in [9.17, 15) is 0 Å². The van der Waals surface area contributed by atoms with E-state index in [4.69, 9.17) is 4.98 Å². The van der Waals surface area contributed by atoms with Crippen molar-refractivity contribution in [1.29, 1.82) is 0 Å². The number of fused-ring (bicyclic) bond motifs is 6. The summed E-state index contributed by atoms with van der Waals surface area (Å²) in [5, 5.41) is 2.23. The molecule has 0 unspecified atom stereocenters. The third-order valence-electron chi connectivity index (χ3n) is 14.9. The standard InChI is InChI=1S/C69H37F8N5/c70-59-57(44-35-49(38-17-4-1-5-18-38)78-50(36-44)39-19-6-2-7-20-39)60(71)64(75)67(63(59)74)82-55-30-15-12-27-47(55)48-34-42(31-32-56(48)82)41-23-16-24-43(33-41)52-37-51(40-21-8-3-9-22-40)79-69(80-52)58-61(72)65(76)68(66(77)62(58)73)81-53-28-13-10-25-45(53)46-26-11-14-29-54(46)81/h1-37H. The van der Waals surface area contributed by atoms with Gasteiger partial charge in [-0.25, -0.2) is 50.1 Å². The molecule has 0 fully saturated rings. The zero-order valence-corrected chi connectivity index (χ0v) is 42.6. The van der Waals surface area contributed by atoms with E-state index >= 15 is 35.1 Å². The maximum Gasteiger partial charge on any atom is 0.186 e. The molecule has 0 atom stereocenters. The summed E-state index contributed by atoms with van der Waals surface area (Å²) in [5.74, 6) is -13.7. The fourth-order valence-electron chi connectivity index (χ4n) is 11.1. The molecule has 5 nitrogen and oxygen atoms in total. The van der Waals surface area contributed by atoms with Crippen LogP contribution in [0.25, 0.3) is 134 Å². The normalized spacial score (nSPS) is 11.7. The summed E-state index contributed by atoms with van der Waals surface area (Å²) >= 11 is 0. The molecule has 0 bridgehead atoms. The SMILES string of the molecule is Fc1c(F)c(-n2c3ccccc3c3cc(-c4cccc(-c5cc(-c6ccccc6)nc(-c6c(F)c(F)c(-n7c8ccccc8c8ccccc87)c(F)c6F)n5)c4)ccc32)c(F)c(F)c1-c1cc(-c2ccccc2)nc(-c2ccccc2)c1. The van der Waals surface area contributed by atoms with Crippen LogP contribution in [-0.2, 0) is 0 Å². The molecule has 10 aromatic carbocycles. The number of benzene rings is 10. The first-order chi connectivity index (χ1) is 40.0. The van der Waals surface area contributed by atoms with Gasteiger partial charge in [0, 0.05) is 43.8 Å². The summed E-state index contributed by atoms with van der Waals surface area (Å²) in [5.41, 5.74) is 1.49. The fourth-order valence-corrected chi connectivity index (χ4v) is 11.1. The van der Waals surface area contributed by atoms with Gasteiger partial charge in [-0.15, -0.1) is 0 Å². The molecule has 0 amide bonds. The van der Waals surface area contributed by atoms with Gasteiger partial charge in [-0.2, -0.15) is 0 Å². The Labute approximate surface area is 461 Å². The molecule has 0 saturated heterocycles. The molecular weight excluding hydrogens is 1050 g/mol. The number of halogens is 8. The fraction of sp³-hybridized carbons (Fsp3) is 0. The number of para-hydroxylation sites is 3. The van der Waals surface area contributed by atoms with E-state index in [0.717, 1.165) is 4.57 Å². The van der Waals surface area contributed by atoms with Crippen molar-refractivity contribution in [2.45, 2.75) is 0 Å². The van der Waals surface area contributed by atoms with Gasteiger partial charge in [-0.1, -0.05) is 170 Å². The van der Waals surface area contributed by atoms with Gasteiger partial charge in [-0.3, -0.25) is 0 Å². The van der Waals surface area contributed by atoms with Crippen LogP contribution < -0.4 is 0 Å². The second-order valence-corrected chi connectivity index (χ2v) is 19.7.